The molecule has 104 valence electrons. The number of hydrogen-bond donors (Lipinski definition) is 2. The van der Waals surface area contributed by atoms with E-state index in [0.717, 1.165) is 6.54 Å². The van der Waals surface area contributed by atoms with Gasteiger partial charge in [-0.2, -0.15) is 0 Å². The highest BCUT2D eigenvalue weighted by Gasteiger charge is 2.29. The molecule has 0 saturated carbocycles. The van der Waals surface area contributed by atoms with Gasteiger partial charge in [-0.1, -0.05) is 6.92 Å². The van der Waals surface area contributed by atoms with Crippen LogP contribution in [0.1, 0.15) is 44.2 Å². The molecule has 3 N–H and O–H groups in total. The van der Waals surface area contributed by atoms with Crippen LogP contribution in [-0.2, 0) is 0 Å². The van der Waals surface area contributed by atoms with Gasteiger partial charge in [-0.15, -0.1) is 11.3 Å². The first-order valence-corrected chi connectivity index (χ1v) is 7.40. The molecule has 0 bridgehead atoms. The van der Waals surface area contributed by atoms with Gasteiger partial charge in [-0.05, 0) is 51.2 Å². The smallest absolute Gasteiger partial charge is 0.0718 e. The van der Waals surface area contributed by atoms with E-state index in [1.54, 1.807) is 11.3 Å². The summed E-state index contributed by atoms with van der Waals surface area (Å²) in [5.41, 5.74) is 6.76. The molecule has 1 heterocycles. The zero-order chi connectivity index (χ0) is 13.9. The van der Waals surface area contributed by atoms with Gasteiger partial charge in [-0.25, -0.2) is 0 Å². The molecule has 0 radical (unpaired) electrons. The topological polar surface area (TPSA) is 49.5 Å². The van der Waals surface area contributed by atoms with E-state index in [9.17, 15) is 5.11 Å². The Labute approximate surface area is 115 Å². The number of rotatable bonds is 6. The average Bonchev–Trinajstić information content (AvgIpc) is 2.61. The third-order valence-electron chi connectivity index (χ3n) is 3.06. The molecule has 1 rings (SSSR count). The van der Waals surface area contributed by atoms with Crippen molar-refractivity contribution in [2.24, 2.45) is 5.73 Å². The van der Waals surface area contributed by atoms with Gasteiger partial charge in [0, 0.05) is 17.5 Å². The summed E-state index contributed by atoms with van der Waals surface area (Å²) in [7, 11) is 0. The van der Waals surface area contributed by atoms with Gasteiger partial charge < -0.3 is 10.8 Å². The lowest BCUT2D eigenvalue weighted by atomic mass is 10.0. The first kappa shape index (κ1) is 15.6. The normalized spacial score (nSPS) is 16.0. The van der Waals surface area contributed by atoms with E-state index in [1.165, 1.54) is 10.4 Å². The van der Waals surface area contributed by atoms with Crippen molar-refractivity contribution >= 4 is 11.3 Å². The minimum Gasteiger partial charge on any atom is -0.389 e. The third kappa shape index (κ3) is 4.05. The summed E-state index contributed by atoms with van der Waals surface area (Å²) in [5.74, 6) is 0. The van der Waals surface area contributed by atoms with Gasteiger partial charge in [-0.3, -0.25) is 4.90 Å². The Kier molecular flexibility index (Phi) is 5.34. The third-order valence-corrected chi connectivity index (χ3v) is 4.15. The highest BCUT2D eigenvalue weighted by molar-refractivity contribution is 7.10. The van der Waals surface area contributed by atoms with Crippen molar-refractivity contribution in [2.45, 2.75) is 52.3 Å². The number of likely N-dealkylation sites (N-methyl/N-ethyl adjacent to an activating group) is 1. The Morgan fingerprint density at radius 3 is 2.44 bits per heavy atom. The molecule has 0 aliphatic rings. The molecule has 0 aliphatic carbocycles. The molecule has 2 atom stereocenters. The maximum absolute atomic E-state index is 10.0. The second-order valence-electron chi connectivity index (χ2n) is 5.65. The molecule has 3 nitrogen and oxygen atoms in total. The molecule has 1 aromatic heterocycles. The second kappa shape index (κ2) is 6.15. The zero-order valence-corrected chi connectivity index (χ0v) is 12.9. The van der Waals surface area contributed by atoms with E-state index in [1.807, 2.05) is 20.8 Å². The van der Waals surface area contributed by atoms with Crippen molar-refractivity contribution in [3.63, 3.8) is 0 Å². The quantitative estimate of drug-likeness (QED) is 0.835. The fourth-order valence-electron chi connectivity index (χ4n) is 2.33. The van der Waals surface area contributed by atoms with Gasteiger partial charge in [0.1, 0.15) is 0 Å². The van der Waals surface area contributed by atoms with Crippen molar-refractivity contribution < 1.29 is 5.11 Å². The summed E-state index contributed by atoms with van der Waals surface area (Å²) in [5, 5.41) is 12.1. The molecule has 0 amide bonds. The van der Waals surface area contributed by atoms with E-state index in [2.05, 4.69) is 30.2 Å². The summed E-state index contributed by atoms with van der Waals surface area (Å²) < 4.78 is 0. The van der Waals surface area contributed by atoms with Crippen LogP contribution in [0.15, 0.2) is 11.4 Å². The second-order valence-corrected chi connectivity index (χ2v) is 6.60. The van der Waals surface area contributed by atoms with Crippen LogP contribution in [-0.4, -0.2) is 34.7 Å². The van der Waals surface area contributed by atoms with Gasteiger partial charge in [0.25, 0.3) is 0 Å². The van der Waals surface area contributed by atoms with Crippen LogP contribution in [0, 0.1) is 6.92 Å². The fourth-order valence-corrected chi connectivity index (χ4v) is 3.50. The highest BCUT2D eigenvalue weighted by Crippen LogP contribution is 2.31. The summed E-state index contributed by atoms with van der Waals surface area (Å²) in [6.45, 7) is 11.5. The van der Waals surface area contributed by atoms with Crippen LogP contribution in [0.5, 0.6) is 0 Å². The number of aryl methyl sites for hydroxylation is 1. The van der Waals surface area contributed by atoms with Crippen LogP contribution in [0.3, 0.4) is 0 Å². The van der Waals surface area contributed by atoms with Crippen LogP contribution in [0.25, 0.3) is 0 Å². The monoisotopic (exact) mass is 270 g/mol. The lowest BCUT2D eigenvalue weighted by Crippen LogP contribution is -2.45. The predicted octanol–water partition coefficient (Wildman–Crippen LogP) is 2.54. The lowest BCUT2D eigenvalue weighted by molar-refractivity contribution is 0.0192. The standard InChI is InChI=1S/C14H26N2OS/c1-6-16(9-14(4,5)17)12(11(3)15)13-10(2)7-8-18-13/h7-8,11-12,17H,6,9,15H2,1-5H3. The molecule has 0 spiro atoms. The van der Waals surface area contributed by atoms with Gasteiger partial charge in [0.2, 0.25) is 0 Å². The number of hydrogen-bond acceptors (Lipinski definition) is 4. The van der Waals surface area contributed by atoms with Crippen LogP contribution in [0.4, 0.5) is 0 Å². The van der Waals surface area contributed by atoms with Crippen molar-refractivity contribution in [3.8, 4) is 0 Å². The number of nitrogens with zero attached hydrogens (tertiary/aromatic N) is 1. The van der Waals surface area contributed by atoms with Gasteiger partial charge in [0.05, 0.1) is 11.6 Å². The molecular weight excluding hydrogens is 244 g/mol. The summed E-state index contributed by atoms with van der Waals surface area (Å²) in [6, 6.07) is 2.36. The average molecular weight is 270 g/mol. The molecule has 0 aromatic carbocycles. The van der Waals surface area contributed by atoms with Crippen molar-refractivity contribution in [2.75, 3.05) is 13.1 Å². The Bertz CT molecular complexity index is 368. The lowest BCUT2D eigenvalue weighted by Gasteiger charge is -2.37. The van der Waals surface area contributed by atoms with E-state index in [-0.39, 0.29) is 12.1 Å². The first-order chi connectivity index (χ1) is 8.26. The SMILES string of the molecule is CCN(CC(C)(C)O)C(c1sccc1C)C(C)N. The Balaban J connectivity index is 3.00. The Hall–Kier alpha value is -0.420. The highest BCUT2D eigenvalue weighted by atomic mass is 32.1. The maximum Gasteiger partial charge on any atom is 0.0718 e. The van der Waals surface area contributed by atoms with Crippen LogP contribution < -0.4 is 5.73 Å². The fraction of sp³-hybridized carbons (Fsp3) is 0.714. The minimum atomic E-state index is -0.700. The minimum absolute atomic E-state index is 0.0460. The molecule has 0 fully saturated rings. The number of thiophene rings is 1. The van der Waals surface area contributed by atoms with E-state index in [4.69, 9.17) is 5.73 Å². The van der Waals surface area contributed by atoms with Crippen molar-refractivity contribution in [3.05, 3.63) is 21.9 Å². The molecule has 2 unspecified atom stereocenters. The largest absolute Gasteiger partial charge is 0.389 e. The van der Waals surface area contributed by atoms with Crippen LogP contribution in [0.2, 0.25) is 0 Å². The molecular formula is C14H26N2OS. The summed E-state index contributed by atoms with van der Waals surface area (Å²) in [6.07, 6.45) is 0. The van der Waals surface area contributed by atoms with Crippen molar-refractivity contribution in [1.29, 1.82) is 0 Å². The first-order valence-electron chi connectivity index (χ1n) is 6.52. The number of nitrogens with two attached hydrogens (primary N) is 1. The summed E-state index contributed by atoms with van der Waals surface area (Å²) >= 11 is 1.75. The van der Waals surface area contributed by atoms with E-state index >= 15 is 0 Å². The molecule has 0 saturated heterocycles. The predicted molar refractivity (Wildman–Crippen MR) is 79.0 cm³/mol. The van der Waals surface area contributed by atoms with E-state index in [0.29, 0.717) is 6.54 Å². The maximum atomic E-state index is 10.0. The van der Waals surface area contributed by atoms with Crippen LogP contribution >= 0.6 is 11.3 Å². The number of aliphatic hydroxyl groups is 1. The van der Waals surface area contributed by atoms with E-state index < -0.39 is 5.60 Å². The molecule has 1 aromatic rings. The van der Waals surface area contributed by atoms with Crippen molar-refractivity contribution in [1.82, 2.24) is 4.90 Å². The van der Waals surface area contributed by atoms with Gasteiger partial charge in [0.15, 0.2) is 0 Å². The molecule has 18 heavy (non-hydrogen) atoms. The molecule has 0 aliphatic heterocycles. The Morgan fingerprint density at radius 1 is 1.50 bits per heavy atom. The van der Waals surface area contributed by atoms with Gasteiger partial charge >= 0.3 is 0 Å². The zero-order valence-electron chi connectivity index (χ0n) is 12.1. The molecule has 4 heteroatoms. The summed E-state index contributed by atoms with van der Waals surface area (Å²) in [4.78, 5) is 3.58. The Morgan fingerprint density at radius 2 is 2.11 bits per heavy atom.